The topological polar surface area (TPSA) is 20.2 Å². The second kappa shape index (κ2) is 4.10. The molecule has 1 aliphatic rings. The molecule has 5 radical (unpaired) electrons. The molecule has 1 fully saturated rings. The molecule has 11 heavy (non-hydrogen) atoms. The lowest BCUT2D eigenvalue weighted by Crippen LogP contribution is -2.24. The third kappa shape index (κ3) is 2.19. The highest BCUT2D eigenvalue weighted by atomic mass is 16.3. The fourth-order valence-corrected chi connectivity index (χ4v) is 1.14. The molecule has 1 rings (SSSR count). The van der Waals surface area contributed by atoms with E-state index >= 15 is 0 Å². The average Bonchev–Trinajstić information content (AvgIpc) is 2.53. The molecule has 0 heterocycles. The van der Waals surface area contributed by atoms with Gasteiger partial charge in [-0.2, -0.15) is 0 Å². The third-order valence-corrected chi connectivity index (χ3v) is 2.21. The number of rotatable bonds is 3. The highest BCUT2D eigenvalue weighted by Gasteiger charge is 2.27. The molecule has 61 valence electrons. The van der Waals surface area contributed by atoms with Crippen molar-refractivity contribution in [3.05, 3.63) is 31.6 Å². The Bertz CT molecular complexity index is 105. The van der Waals surface area contributed by atoms with Crippen LogP contribution in [0.2, 0.25) is 0 Å². The first-order valence-corrected chi connectivity index (χ1v) is 4.15. The van der Waals surface area contributed by atoms with E-state index in [2.05, 4.69) is 13.8 Å². The molecule has 2 atom stereocenters. The molecule has 0 aromatic carbocycles. The van der Waals surface area contributed by atoms with Crippen LogP contribution in [0.5, 0.6) is 0 Å². The molecule has 2 unspecified atom stereocenters. The zero-order valence-corrected chi connectivity index (χ0v) is 7.12. The van der Waals surface area contributed by atoms with Crippen LogP contribution in [0.1, 0.15) is 20.3 Å². The van der Waals surface area contributed by atoms with Gasteiger partial charge in [-0.25, -0.2) is 0 Å². The van der Waals surface area contributed by atoms with E-state index in [1.54, 1.807) is 0 Å². The molecule has 0 aromatic rings. The lowest BCUT2D eigenvalue weighted by Gasteiger charge is -2.22. The Morgan fingerprint density at radius 3 is 2.36 bits per heavy atom. The highest BCUT2D eigenvalue weighted by molar-refractivity contribution is 5.37. The highest BCUT2D eigenvalue weighted by Crippen LogP contribution is 2.30. The first-order chi connectivity index (χ1) is 5.25. The third-order valence-electron chi connectivity index (χ3n) is 2.21. The second-order valence-electron chi connectivity index (χ2n) is 3.05. The number of hydrogen-bond donors (Lipinski definition) is 1. The molecule has 0 bridgehead atoms. The number of aliphatic hydroxyl groups is 1. The lowest BCUT2D eigenvalue weighted by atomic mass is 9.89. The fraction of sp³-hybridized carbons (Fsp3) is 0.500. The minimum atomic E-state index is -0.282. The van der Waals surface area contributed by atoms with Crippen LogP contribution in [-0.2, 0) is 0 Å². The first-order valence-electron chi connectivity index (χ1n) is 4.15. The Hall–Kier alpha value is -0.0400. The van der Waals surface area contributed by atoms with E-state index in [0.29, 0.717) is 5.92 Å². The predicted molar refractivity (Wildman–Crippen MR) is 45.9 cm³/mol. The predicted octanol–water partition coefficient (Wildman–Crippen LogP) is 1.80. The maximum Gasteiger partial charge on any atom is 0.0634 e. The van der Waals surface area contributed by atoms with Crippen LogP contribution in [0.25, 0.3) is 0 Å². The second-order valence-corrected chi connectivity index (χ2v) is 3.05. The van der Waals surface area contributed by atoms with E-state index in [4.69, 9.17) is 0 Å². The van der Waals surface area contributed by atoms with E-state index in [1.807, 2.05) is 25.7 Å². The first kappa shape index (κ1) is 9.05. The summed E-state index contributed by atoms with van der Waals surface area (Å²) < 4.78 is 0. The summed E-state index contributed by atoms with van der Waals surface area (Å²) in [5.74, 6) is 1.40. The maximum absolute atomic E-state index is 9.68. The van der Waals surface area contributed by atoms with Crippen LogP contribution in [0.15, 0.2) is 0 Å². The smallest absolute Gasteiger partial charge is 0.0634 e. The van der Waals surface area contributed by atoms with E-state index < -0.39 is 0 Å². The van der Waals surface area contributed by atoms with Gasteiger partial charge in [-0.05, 0) is 31.6 Å². The summed E-state index contributed by atoms with van der Waals surface area (Å²) in [5.41, 5.74) is 0. The van der Waals surface area contributed by atoms with Crippen molar-refractivity contribution in [3.8, 4) is 0 Å². The Kier molecular flexibility index (Phi) is 3.38. The van der Waals surface area contributed by atoms with Crippen LogP contribution >= 0.6 is 0 Å². The minimum Gasteiger partial charge on any atom is -0.392 e. The molecule has 1 heteroatoms. The quantitative estimate of drug-likeness (QED) is 0.652. The van der Waals surface area contributed by atoms with Gasteiger partial charge in [-0.15, -0.1) is 0 Å². The molecule has 0 amide bonds. The van der Waals surface area contributed by atoms with E-state index in [9.17, 15) is 5.11 Å². The van der Waals surface area contributed by atoms with E-state index in [1.165, 1.54) is 0 Å². The van der Waals surface area contributed by atoms with Gasteiger partial charge in [0.05, 0.1) is 6.10 Å². The van der Waals surface area contributed by atoms with Gasteiger partial charge >= 0.3 is 0 Å². The largest absolute Gasteiger partial charge is 0.392 e. The minimum absolute atomic E-state index is 0.282. The standard InChI is InChI=1S/C10H15O/c1-3-8(2)10(11)9-6-4-5-7-9/h4-8,10-11H,3H2,1-2H3. The Morgan fingerprint density at radius 1 is 1.36 bits per heavy atom. The molecule has 0 saturated heterocycles. The molecule has 1 N–H and O–H groups in total. The molecule has 0 aliphatic heterocycles. The maximum atomic E-state index is 9.68. The average molecular weight is 151 g/mol. The molecular formula is C10H15O. The van der Waals surface area contributed by atoms with Crippen molar-refractivity contribution < 1.29 is 5.11 Å². The van der Waals surface area contributed by atoms with Gasteiger partial charge in [0.2, 0.25) is 0 Å². The summed E-state index contributed by atoms with van der Waals surface area (Å²) in [6.07, 6.45) is 8.59. The SMILES string of the molecule is CCC(C)C(O)[C]1[CH][CH][CH][CH]1. The van der Waals surface area contributed by atoms with E-state index in [0.717, 1.165) is 12.3 Å². The zero-order chi connectivity index (χ0) is 8.27. The Labute approximate surface area is 69.8 Å². The summed E-state index contributed by atoms with van der Waals surface area (Å²) in [5, 5.41) is 9.68. The van der Waals surface area contributed by atoms with Crippen LogP contribution in [0, 0.1) is 37.5 Å². The summed E-state index contributed by atoms with van der Waals surface area (Å²) >= 11 is 0. The van der Waals surface area contributed by atoms with Gasteiger partial charge < -0.3 is 5.11 Å². The summed E-state index contributed by atoms with van der Waals surface area (Å²) in [4.78, 5) is 0. The van der Waals surface area contributed by atoms with Crippen molar-refractivity contribution in [1.29, 1.82) is 0 Å². The zero-order valence-electron chi connectivity index (χ0n) is 7.12. The van der Waals surface area contributed by atoms with Gasteiger partial charge in [-0.1, -0.05) is 20.3 Å². The van der Waals surface area contributed by atoms with Crippen LogP contribution in [0.3, 0.4) is 0 Å². The van der Waals surface area contributed by atoms with Gasteiger partial charge in [0.15, 0.2) is 0 Å². The van der Waals surface area contributed by atoms with Crippen LogP contribution in [0.4, 0.5) is 0 Å². The van der Waals surface area contributed by atoms with Gasteiger partial charge in [0.1, 0.15) is 0 Å². The van der Waals surface area contributed by atoms with Gasteiger partial charge in [-0.3, -0.25) is 0 Å². The Morgan fingerprint density at radius 2 is 1.91 bits per heavy atom. The lowest BCUT2D eigenvalue weighted by molar-refractivity contribution is 0.135. The summed E-state index contributed by atoms with van der Waals surface area (Å²) in [6, 6.07) is 0. The van der Waals surface area contributed by atoms with Crippen molar-refractivity contribution in [2.75, 3.05) is 0 Å². The fourth-order valence-electron chi connectivity index (χ4n) is 1.14. The van der Waals surface area contributed by atoms with E-state index in [-0.39, 0.29) is 6.10 Å². The van der Waals surface area contributed by atoms with Crippen molar-refractivity contribution in [2.45, 2.75) is 26.4 Å². The normalized spacial score (nSPS) is 25.4. The van der Waals surface area contributed by atoms with Crippen molar-refractivity contribution in [1.82, 2.24) is 0 Å². The molecule has 0 spiro atoms. The summed E-state index contributed by atoms with van der Waals surface area (Å²) in [6.45, 7) is 4.16. The number of aliphatic hydroxyl groups excluding tert-OH is 1. The van der Waals surface area contributed by atoms with Crippen LogP contribution < -0.4 is 0 Å². The molecule has 0 aromatic heterocycles. The molecule has 1 saturated carbocycles. The summed E-state index contributed by atoms with van der Waals surface area (Å²) in [7, 11) is 0. The molecular weight excluding hydrogens is 136 g/mol. The van der Waals surface area contributed by atoms with Crippen molar-refractivity contribution in [3.63, 3.8) is 0 Å². The van der Waals surface area contributed by atoms with Crippen molar-refractivity contribution in [2.24, 2.45) is 5.92 Å². The van der Waals surface area contributed by atoms with Gasteiger partial charge in [0, 0.05) is 5.92 Å². The van der Waals surface area contributed by atoms with Crippen molar-refractivity contribution >= 4 is 0 Å². The van der Waals surface area contributed by atoms with Gasteiger partial charge in [0.25, 0.3) is 0 Å². The van der Waals surface area contributed by atoms with Crippen LogP contribution in [-0.4, -0.2) is 11.2 Å². The molecule has 1 nitrogen and oxygen atoms in total. The Balaban J connectivity index is 2.32. The monoisotopic (exact) mass is 151 g/mol. The number of hydrogen-bond acceptors (Lipinski definition) is 1. The molecule has 1 aliphatic carbocycles.